The predicted octanol–water partition coefficient (Wildman–Crippen LogP) is 1.75. The van der Waals surface area contributed by atoms with E-state index >= 15 is 0 Å². The van der Waals surface area contributed by atoms with Gasteiger partial charge in [-0.2, -0.15) is 0 Å². The molecule has 1 fully saturated rings. The van der Waals surface area contributed by atoms with Crippen LogP contribution in [0, 0.1) is 12.7 Å². The first-order valence-corrected chi connectivity index (χ1v) is 6.98. The van der Waals surface area contributed by atoms with Gasteiger partial charge in [0.15, 0.2) is 0 Å². The molecule has 1 saturated heterocycles. The molecule has 1 aromatic carbocycles. The zero-order valence-corrected chi connectivity index (χ0v) is 12.2. The highest BCUT2D eigenvalue weighted by Crippen LogP contribution is 2.13. The molecule has 1 aliphatic rings. The van der Waals surface area contributed by atoms with Crippen molar-refractivity contribution in [3.63, 3.8) is 0 Å². The molecule has 20 heavy (non-hydrogen) atoms. The minimum atomic E-state index is -0.299. The second-order valence-corrected chi connectivity index (χ2v) is 5.67. The van der Waals surface area contributed by atoms with E-state index in [1.807, 2.05) is 0 Å². The number of piperazine rings is 1. The van der Waals surface area contributed by atoms with Crippen molar-refractivity contribution in [2.24, 2.45) is 0 Å². The van der Waals surface area contributed by atoms with E-state index in [1.54, 1.807) is 19.1 Å². The van der Waals surface area contributed by atoms with E-state index in [4.69, 9.17) is 0 Å². The van der Waals surface area contributed by atoms with Gasteiger partial charge in [0.25, 0.3) is 0 Å². The van der Waals surface area contributed by atoms with Gasteiger partial charge >= 0.3 is 0 Å². The molecule has 1 heterocycles. The fraction of sp³-hybridized carbons (Fsp3) is 0.533. The molecule has 2 unspecified atom stereocenters. The molecular weight excluding hydrogens is 257 g/mol. The number of hydrogen-bond donors (Lipinski definition) is 2. The Bertz CT molecular complexity index is 482. The van der Waals surface area contributed by atoms with Crippen molar-refractivity contribution in [3.05, 3.63) is 29.6 Å². The predicted molar refractivity (Wildman–Crippen MR) is 78.3 cm³/mol. The summed E-state index contributed by atoms with van der Waals surface area (Å²) in [7, 11) is 0. The Morgan fingerprint density at radius 1 is 1.40 bits per heavy atom. The van der Waals surface area contributed by atoms with E-state index in [1.165, 1.54) is 6.07 Å². The average Bonchev–Trinajstić information content (AvgIpc) is 2.32. The van der Waals surface area contributed by atoms with Crippen molar-refractivity contribution in [3.8, 4) is 0 Å². The molecular formula is C15H22FN3O. The summed E-state index contributed by atoms with van der Waals surface area (Å²) in [5.74, 6) is -0.401. The molecule has 1 aliphatic heterocycles. The zero-order valence-electron chi connectivity index (χ0n) is 12.2. The highest BCUT2D eigenvalue weighted by atomic mass is 19.1. The Hall–Kier alpha value is -1.46. The van der Waals surface area contributed by atoms with Crippen LogP contribution < -0.4 is 10.6 Å². The molecule has 0 spiro atoms. The van der Waals surface area contributed by atoms with Gasteiger partial charge in [-0.1, -0.05) is 6.07 Å². The van der Waals surface area contributed by atoms with Crippen LogP contribution in [0.5, 0.6) is 0 Å². The maximum atomic E-state index is 13.4. The fourth-order valence-corrected chi connectivity index (χ4v) is 2.64. The van der Waals surface area contributed by atoms with Crippen molar-refractivity contribution in [1.29, 1.82) is 0 Å². The molecule has 2 N–H and O–H groups in total. The number of anilines is 1. The highest BCUT2D eigenvalue weighted by Gasteiger charge is 2.22. The van der Waals surface area contributed by atoms with Crippen LogP contribution in [-0.2, 0) is 4.79 Å². The van der Waals surface area contributed by atoms with Crippen molar-refractivity contribution in [1.82, 2.24) is 10.2 Å². The Morgan fingerprint density at radius 2 is 2.05 bits per heavy atom. The van der Waals surface area contributed by atoms with Gasteiger partial charge in [-0.3, -0.25) is 9.69 Å². The van der Waals surface area contributed by atoms with Gasteiger partial charge in [0.2, 0.25) is 5.91 Å². The van der Waals surface area contributed by atoms with Gasteiger partial charge in [-0.25, -0.2) is 4.39 Å². The molecule has 110 valence electrons. The molecule has 0 aromatic heterocycles. The van der Waals surface area contributed by atoms with Crippen LogP contribution in [0.15, 0.2) is 18.2 Å². The Labute approximate surface area is 119 Å². The number of amides is 1. The van der Waals surface area contributed by atoms with E-state index in [9.17, 15) is 9.18 Å². The summed E-state index contributed by atoms with van der Waals surface area (Å²) >= 11 is 0. The minimum Gasteiger partial charge on any atom is -0.325 e. The monoisotopic (exact) mass is 279 g/mol. The number of carbonyl (C=O) groups excluding carboxylic acids is 1. The third-order valence-corrected chi connectivity index (χ3v) is 3.46. The lowest BCUT2D eigenvalue weighted by Gasteiger charge is -2.35. The largest absolute Gasteiger partial charge is 0.325 e. The second-order valence-electron chi connectivity index (χ2n) is 5.67. The summed E-state index contributed by atoms with van der Waals surface area (Å²) < 4.78 is 13.4. The molecule has 0 aliphatic carbocycles. The Kier molecular flexibility index (Phi) is 4.73. The smallest absolute Gasteiger partial charge is 0.238 e. The summed E-state index contributed by atoms with van der Waals surface area (Å²) in [4.78, 5) is 14.1. The third-order valence-electron chi connectivity index (χ3n) is 3.46. The van der Waals surface area contributed by atoms with Crippen LogP contribution in [0.1, 0.15) is 19.4 Å². The van der Waals surface area contributed by atoms with Crippen molar-refractivity contribution < 1.29 is 9.18 Å². The lowest BCUT2D eigenvalue weighted by Crippen LogP contribution is -2.55. The van der Waals surface area contributed by atoms with Gasteiger partial charge in [0.05, 0.1) is 6.54 Å². The van der Waals surface area contributed by atoms with Crippen LogP contribution >= 0.6 is 0 Å². The number of carbonyl (C=O) groups is 1. The summed E-state index contributed by atoms with van der Waals surface area (Å²) in [6, 6.07) is 5.50. The Morgan fingerprint density at radius 3 is 2.65 bits per heavy atom. The van der Waals surface area contributed by atoms with Gasteiger partial charge in [-0.15, -0.1) is 0 Å². The summed E-state index contributed by atoms with van der Waals surface area (Å²) in [6.45, 7) is 7.95. The van der Waals surface area contributed by atoms with Gasteiger partial charge < -0.3 is 10.6 Å². The topological polar surface area (TPSA) is 44.4 Å². The number of halogens is 1. The number of nitrogens with zero attached hydrogens (tertiary/aromatic N) is 1. The first kappa shape index (κ1) is 14.9. The normalized spacial score (nSPS) is 23.6. The molecule has 0 saturated carbocycles. The lowest BCUT2D eigenvalue weighted by atomic mass is 10.1. The molecule has 5 heteroatoms. The minimum absolute atomic E-state index is 0.102. The molecule has 0 radical (unpaired) electrons. The standard InChI is InChI=1S/C15H22FN3O/c1-10-4-5-13(6-14(10)16)18-15(20)9-19-7-11(2)17-12(3)8-19/h4-6,11-12,17H,7-9H2,1-3H3,(H,18,20). The van der Waals surface area contributed by atoms with Crippen molar-refractivity contribution in [2.75, 3.05) is 25.0 Å². The maximum Gasteiger partial charge on any atom is 0.238 e. The SMILES string of the molecule is Cc1ccc(NC(=O)CN2CC(C)NC(C)C2)cc1F. The Balaban J connectivity index is 1.90. The third kappa shape index (κ3) is 4.02. The van der Waals surface area contributed by atoms with Crippen molar-refractivity contribution in [2.45, 2.75) is 32.9 Å². The number of rotatable bonds is 3. The summed E-state index contributed by atoms with van der Waals surface area (Å²) in [5, 5.41) is 6.17. The van der Waals surface area contributed by atoms with Crippen LogP contribution in [-0.4, -0.2) is 42.5 Å². The van der Waals surface area contributed by atoms with E-state index in [0.717, 1.165) is 13.1 Å². The van der Waals surface area contributed by atoms with Crippen LogP contribution in [0.2, 0.25) is 0 Å². The van der Waals surface area contributed by atoms with E-state index in [0.29, 0.717) is 29.9 Å². The first-order chi connectivity index (χ1) is 9.44. The van der Waals surface area contributed by atoms with Gasteiger partial charge in [0, 0.05) is 30.9 Å². The van der Waals surface area contributed by atoms with Crippen LogP contribution in [0.25, 0.3) is 0 Å². The van der Waals surface area contributed by atoms with Gasteiger partial charge in [-0.05, 0) is 38.5 Å². The molecule has 1 amide bonds. The molecule has 2 atom stereocenters. The first-order valence-electron chi connectivity index (χ1n) is 6.98. The number of hydrogen-bond acceptors (Lipinski definition) is 3. The number of aryl methyl sites for hydroxylation is 1. The lowest BCUT2D eigenvalue weighted by molar-refractivity contribution is -0.117. The molecule has 1 aromatic rings. The molecule has 4 nitrogen and oxygen atoms in total. The van der Waals surface area contributed by atoms with Crippen LogP contribution in [0.3, 0.4) is 0 Å². The number of nitrogens with one attached hydrogen (secondary N) is 2. The zero-order chi connectivity index (χ0) is 14.7. The average molecular weight is 279 g/mol. The number of benzene rings is 1. The molecule has 0 bridgehead atoms. The van der Waals surface area contributed by atoms with Crippen molar-refractivity contribution >= 4 is 11.6 Å². The van der Waals surface area contributed by atoms with E-state index < -0.39 is 0 Å². The quantitative estimate of drug-likeness (QED) is 0.886. The second kappa shape index (κ2) is 6.33. The van der Waals surface area contributed by atoms with Gasteiger partial charge in [0.1, 0.15) is 5.82 Å². The summed E-state index contributed by atoms with van der Waals surface area (Å²) in [5.41, 5.74) is 1.09. The fourth-order valence-electron chi connectivity index (χ4n) is 2.64. The van der Waals surface area contributed by atoms with E-state index in [2.05, 4.69) is 29.4 Å². The highest BCUT2D eigenvalue weighted by molar-refractivity contribution is 5.92. The van der Waals surface area contributed by atoms with Crippen LogP contribution in [0.4, 0.5) is 10.1 Å². The molecule has 2 rings (SSSR count). The maximum absolute atomic E-state index is 13.4. The van der Waals surface area contributed by atoms with E-state index in [-0.39, 0.29) is 11.7 Å². The summed E-state index contributed by atoms with van der Waals surface area (Å²) in [6.07, 6.45) is 0.